The maximum atomic E-state index is 14.3. The number of thioether (sulfide) groups is 1. The Morgan fingerprint density at radius 3 is 1.36 bits per heavy atom. The fourth-order valence-corrected chi connectivity index (χ4v) is 7.58. The number of thiol groups is 2. The molecular weight excluding hydrogens is 959 g/mol. The van der Waals surface area contributed by atoms with E-state index in [-0.39, 0.29) is 81.0 Å². The summed E-state index contributed by atoms with van der Waals surface area (Å²) in [4.78, 5) is 132. The van der Waals surface area contributed by atoms with Gasteiger partial charge in [-0.15, -0.1) is 0 Å². The highest BCUT2D eigenvalue weighted by atomic mass is 32.2. The van der Waals surface area contributed by atoms with Gasteiger partial charge in [0.05, 0.1) is 6.61 Å². The Bertz CT molecular complexity index is 1810. The number of rotatable bonds is 18. The molecule has 0 unspecified atom stereocenters. The van der Waals surface area contributed by atoms with Crippen LogP contribution >= 0.6 is 37.0 Å². The Hall–Kier alpha value is -5.22. The molecular formula is C41H75N15O10S3. The van der Waals surface area contributed by atoms with Crippen molar-refractivity contribution in [1.29, 1.82) is 0 Å². The quantitative estimate of drug-likeness (QED) is 0.0265. The van der Waals surface area contributed by atoms with E-state index in [1.165, 1.54) is 18.7 Å². The van der Waals surface area contributed by atoms with Crippen LogP contribution in [0.25, 0.3) is 0 Å². The minimum absolute atomic E-state index is 0.0380. The second kappa shape index (κ2) is 32.6. The van der Waals surface area contributed by atoms with Crippen molar-refractivity contribution in [3.63, 3.8) is 0 Å². The molecule has 1 heterocycles. The zero-order valence-electron chi connectivity index (χ0n) is 40.2. The molecule has 0 spiro atoms. The normalized spacial score (nSPS) is 26.0. The van der Waals surface area contributed by atoms with E-state index < -0.39 is 120 Å². The lowest BCUT2D eigenvalue weighted by molar-refractivity contribution is -0.136. The third-order valence-electron chi connectivity index (χ3n) is 10.7. The van der Waals surface area contributed by atoms with Crippen molar-refractivity contribution in [2.45, 2.75) is 134 Å². The first-order chi connectivity index (χ1) is 32.5. The van der Waals surface area contributed by atoms with E-state index in [2.05, 4.69) is 83.1 Å². The molecule has 1 fully saturated rings. The van der Waals surface area contributed by atoms with Crippen molar-refractivity contribution >= 4 is 102 Å². The van der Waals surface area contributed by atoms with Crippen LogP contribution in [0.15, 0.2) is 9.98 Å². The number of carbonyl (C=O) groups is 9. The number of aliphatic hydroxyl groups is 1. The van der Waals surface area contributed by atoms with Gasteiger partial charge in [0.15, 0.2) is 11.9 Å². The molecule has 0 bridgehead atoms. The lowest BCUT2D eigenvalue weighted by Gasteiger charge is -2.30. The van der Waals surface area contributed by atoms with Crippen LogP contribution in [0.2, 0.25) is 0 Å². The average molecular weight is 1030 g/mol. The molecule has 392 valence electrons. The van der Waals surface area contributed by atoms with Crippen molar-refractivity contribution in [2.75, 3.05) is 43.2 Å². The number of nitrogens with two attached hydrogens (primary N) is 4. The highest BCUT2D eigenvalue weighted by Gasteiger charge is 2.36. The maximum Gasteiger partial charge on any atom is 0.245 e. The maximum absolute atomic E-state index is 14.3. The van der Waals surface area contributed by atoms with Crippen LogP contribution in [-0.2, 0) is 43.2 Å². The predicted molar refractivity (Wildman–Crippen MR) is 270 cm³/mol. The van der Waals surface area contributed by atoms with Crippen molar-refractivity contribution < 1.29 is 48.3 Å². The van der Waals surface area contributed by atoms with Gasteiger partial charge in [0, 0.05) is 24.6 Å². The standard InChI is InChI=1S/C41H75N15O10S3/c1-7-21(4)30-39(66)51-24(11-9-14-47-41(44)45)32(59)50-25(12-15-69-6)34(61)49-23(10-8-13-46-40(42)43)33(60)53-27(17-57)36(63)48-22(5)31(58)54-28(18-67)38(65)55-29(19-68)37(64)52-26(16-20(2)3)35(62)56-30/h20-30,57,67-68H,7-19H2,1-6H3,(H,48,63)(H,49,61)(H,50,59)(H,51,66)(H,52,64)(H,53,60)(H,54,58)(H,55,65)(H,56,62)(H4,42,43,46)(H4,44,45,47)/t21-,22-,23-,24-,25-,26-,27-,28-,29-,30-/m0/s1. The van der Waals surface area contributed by atoms with Crippen LogP contribution in [0.3, 0.4) is 0 Å². The Labute approximate surface area is 418 Å². The fourth-order valence-electron chi connectivity index (χ4n) is 6.59. The van der Waals surface area contributed by atoms with Crippen molar-refractivity contribution in [2.24, 2.45) is 44.8 Å². The summed E-state index contributed by atoms with van der Waals surface area (Å²) in [6, 6.07) is -12.2. The van der Waals surface area contributed by atoms with Crippen molar-refractivity contribution in [1.82, 2.24) is 47.9 Å². The molecule has 25 nitrogen and oxygen atoms in total. The molecule has 0 aromatic carbocycles. The molecule has 18 N–H and O–H groups in total. The van der Waals surface area contributed by atoms with E-state index >= 15 is 0 Å². The summed E-state index contributed by atoms with van der Waals surface area (Å²) in [6.07, 6.45) is 2.50. The lowest BCUT2D eigenvalue weighted by Crippen LogP contribution is -2.61. The minimum atomic E-state index is -1.65. The SMILES string of the molecule is CC[C@H](C)[C@@H]1NC(=O)[C@H](CC(C)C)NC(=O)[C@H](CS)NC(=O)[C@H](CS)NC(=O)[C@H](C)NC(=O)[C@H](CO)NC(=O)[C@H](CCCN=C(N)N)NC(=O)[C@H](CCSC)NC(=O)[C@H](CCCN=C(N)N)NC1=O. The summed E-state index contributed by atoms with van der Waals surface area (Å²) < 4.78 is 0. The van der Waals surface area contributed by atoms with Gasteiger partial charge in [0.2, 0.25) is 53.2 Å². The second-order valence-corrected chi connectivity index (χ2v) is 18.6. The Morgan fingerprint density at radius 1 is 0.565 bits per heavy atom. The zero-order chi connectivity index (χ0) is 52.4. The highest BCUT2D eigenvalue weighted by Crippen LogP contribution is 2.14. The molecule has 9 amide bonds. The van der Waals surface area contributed by atoms with Gasteiger partial charge in [-0.05, 0) is 69.3 Å². The molecule has 0 aliphatic carbocycles. The lowest BCUT2D eigenvalue weighted by atomic mass is 9.96. The van der Waals surface area contributed by atoms with Gasteiger partial charge in [0.25, 0.3) is 0 Å². The number of amides is 9. The van der Waals surface area contributed by atoms with Crippen LogP contribution < -0.4 is 70.8 Å². The summed E-state index contributed by atoms with van der Waals surface area (Å²) in [6.45, 7) is 7.55. The Kier molecular flexibility index (Phi) is 29.2. The number of nitrogens with one attached hydrogen (secondary N) is 9. The zero-order valence-corrected chi connectivity index (χ0v) is 42.8. The first kappa shape index (κ1) is 61.8. The second-order valence-electron chi connectivity index (χ2n) is 16.9. The highest BCUT2D eigenvalue weighted by molar-refractivity contribution is 7.98. The number of nitrogens with zero attached hydrogens (tertiary/aromatic N) is 2. The van der Waals surface area contributed by atoms with E-state index in [9.17, 15) is 48.3 Å². The molecule has 0 aromatic rings. The molecule has 0 saturated carbocycles. The van der Waals surface area contributed by atoms with Gasteiger partial charge in [0.1, 0.15) is 54.4 Å². The molecule has 1 saturated heterocycles. The first-order valence-corrected chi connectivity index (χ1v) is 25.3. The van der Waals surface area contributed by atoms with Crippen LogP contribution in [-0.4, -0.2) is 168 Å². The van der Waals surface area contributed by atoms with Crippen LogP contribution in [0.4, 0.5) is 0 Å². The van der Waals surface area contributed by atoms with Crippen molar-refractivity contribution in [3.8, 4) is 0 Å². The van der Waals surface area contributed by atoms with Gasteiger partial charge in [-0.25, -0.2) is 0 Å². The predicted octanol–water partition coefficient (Wildman–Crippen LogP) is -4.81. The minimum Gasteiger partial charge on any atom is -0.394 e. The summed E-state index contributed by atoms with van der Waals surface area (Å²) >= 11 is 9.78. The molecule has 0 aromatic heterocycles. The molecule has 10 atom stereocenters. The van der Waals surface area contributed by atoms with Gasteiger partial charge in [-0.3, -0.25) is 53.1 Å². The van der Waals surface area contributed by atoms with Gasteiger partial charge < -0.3 is 75.9 Å². The number of aliphatic hydroxyl groups excluding tert-OH is 1. The average Bonchev–Trinajstić information content (AvgIpc) is 3.29. The number of hydrogen-bond donors (Lipinski definition) is 16. The van der Waals surface area contributed by atoms with Crippen LogP contribution in [0.5, 0.6) is 0 Å². The van der Waals surface area contributed by atoms with E-state index in [0.29, 0.717) is 12.2 Å². The number of aliphatic imine (C=N–C) groups is 2. The third-order valence-corrected chi connectivity index (χ3v) is 12.1. The molecule has 28 heteroatoms. The smallest absolute Gasteiger partial charge is 0.245 e. The van der Waals surface area contributed by atoms with Gasteiger partial charge in [-0.1, -0.05) is 34.1 Å². The van der Waals surface area contributed by atoms with E-state index in [0.717, 1.165) is 0 Å². The van der Waals surface area contributed by atoms with Gasteiger partial charge >= 0.3 is 0 Å². The first-order valence-electron chi connectivity index (χ1n) is 22.7. The summed E-state index contributed by atoms with van der Waals surface area (Å²) in [7, 11) is 0. The van der Waals surface area contributed by atoms with Crippen molar-refractivity contribution in [3.05, 3.63) is 0 Å². The Balaban J connectivity index is 3.95. The number of hydrogen-bond acceptors (Lipinski definition) is 15. The van der Waals surface area contributed by atoms with Crippen LogP contribution in [0, 0.1) is 11.8 Å². The third kappa shape index (κ3) is 22.8. The largest absolute Gasteiger partial charge is 0.394 e. The fraction of sp³-hybridized carbons (Fsp3) is 0.732. The molecule has 69 heavy (non-hydrogen) atoms. The van der Waals surface area contributed by atoms with Gasteiger partial charge in [-0.2, -0.15) is 37.0 Å². The molecule has 1 aliphatic heterocycles. The number of guanidine groups is 2. The van der Waals surface area contributed by atoms with E-state index in [4.69, 9.17) is 22.9 Å². The van der Waals surface area contributed by atoms with E-state index in [1.54, 1.807) is 20.1 Å². The summed E-state index contributed by atoms with van der Waals surface area (Å²) in [5, 5.41) is 33.3. The summed E-state index contributed by atoms with van der Waals surface area (Å²) in [5.74, 6) is -8.86. The van der Waals surface area contributed by atoms with E-state index in [1.807, 2.05) is 13.8 Å². The molecule has 1 rings (SSSR count). The summed E-state index contributed by atoms with van der Waals surface area (Å²) in [5.41, 5.74) is 22.0. The monoisotopic (exact) mass is 1030 g/mol. The van der Waals surface area contributed by atoms with Crippen LogP contribution in [0.1, 0.15) is 79.6 Å². The number of carbonyl (C=O) groups excluding carboxylic acids is 9. The molecule has 0 radical (unpaired) electrons. The Morgan fingerprint density at radius 2 is 0.942 bits per heavy atom. The molecule has 1 aliphatic rings. The topological polar surface area (TPSA) is 411 Å².